The van der Waals surface area contributed by atoms with Crippen LogP contribution in [-0.4, -0.2) is 20.7 Å². The van der Waals surface area contributed by atoms with Crippen LogP contribution in [0.1, 0.15) is 23.4 Å². The van der Waals surface area contributed by atoms with Gasteiger partial charge in [0.25, 0.3) is 0 Å². The Labute approximate surface area is 136 Å². The fourth-order valence-corrected chi connectivity index (χ4v) is 0.927. The van der Waals surface area contributed by atoms with Crippen molar-refractivity contribution in [2.24, 2.45) is 0 Å². The minimum atomic E-state index is -0.471. The van der Waals surface area contributed by atoms with Gasteiger partial charge in [-0.1, -0.05) is 0 Å². The molecule has 0 aliphatic rings. The predicted octanol–water partition coefficient (Wildman–Crippen LogP) is 2.71. The van der Waals surface area contributed by atoms with Crippen molar-refractivity contribution in [3.8, 4) is 5.69 Å². The molecule has 19 heavy (non-hydrogen) atoms. The Kier molecular flexibility index (Phi) is 4.12. The average Bonchev–Trinajstić information content (AvgIpc) is 2.75. The fraction of sp³-hybridized carbons (Fsp3) is 0.143. The SMILES string of the molecule is CC(=O)/C=C(/C)O.[2H]c1[c-]c(-n2nc([2H])c([2H])c2[2H])c([2H])c([2H])c1[2H].[Ir]. The number of para-hydroxylation sites is 1. The number of benzene rings is 1. The van der Waals surface area contributed by atoms with Crippen LogP contribution >= 0.6 is 0 Å². The molecule has 0 aliphatic heterocycles. The third-order valence-electron chi connectivity index (χ3n) is 1.48. The van der Waals surface area contributed by atoms with Gasteiger partial charge in [-0.05, 0) is 28.3 Å². The maximum absolute atomic E-state index is 10.0. The normalized spacial score (nSPS) is 15.1. The second kappa shape index (κ2) is 9.25. The van der Waals surface area contributed by atoms with Gasteiger partial charge in [0.2, 0.25) is 0 Å². The average molecular weight is 443 g/mol. The zero-order valence-corrected chi connectivity index (χ0v) is 12.6. The predicted molar refractivity (Wildman–Crippen MR) is 69.5 cm³/mol. The zero-order valence-electron chi connectivity index (χ0n) is 17.2. The molecule has 0 saturated carbocycles. The number of rotatable bonds is 2. The number of aliphatic hydroxyl groups excluding tert-OH is 1. The molecule has 0 aliphatic carbocycles. The van der Waals surface area contributed by atoms with Crippen molar-refractivity contribution >= 4 is 5.78 Å². The number of carbonyl (C=O) groups excluding carboxylic acids is 1. The molecule has 2 rings (SSSR count). The number of hydrogen-bond acceptors (Lipinski definition) is 3. The molecule has 0 bridgehead atoms. The van der Waals surface area contributed by atoms with Crippen LogP contribution < -0.4 is 0 Å². The van der Waals surface area contributed by atoms with E-state index in [9.17, 15) is 4.79 Å². The standard InChI is InChI=1S/C9H7N2.C5H8O2.Ir/c1-2-5-9(6-3-1)11-8-4-7-10-11;1-4(6)3-5(2)7;/h1-5,7-8H;3,6H,1-2H3;/q-1;;/b;4-3-;/i1D,2D,3D,4D,5D,7D,8D;;. The fourth-order valence-electron chi connectivity index (χ4n) is 0.927. The molecule has 1 heterocycles. The number of ketones is 1. The molecule has 0 unspecified atom stereocenters. The molecule has 0 spiro atoms. The van der Waals surface area contributed by atoms with Gasteiger partial charge in [-0.25, -0.2) is 0 Å². The van der Waals surface area contributed by atoms with E-state index in [1.54, 1.807) is 0 Å². The third kappa shape index (κ3) is 7.34. The quantitative estimate of drug-likeness (QED) is 0.442. The van der Waals surface area contributed by atoms with E-state index in [1.165, 1.54) is 19.9 Å². The summed E-state index contributed by atoms with van der Waals surface area (Å²) in [6.07, 6.45) is 0.321. The van der Waals surface area contributed by atoms with E-state index in [4.69, 9.17) is 14.7 Å². The summed E-state index contributed by atoms with van der Waals surface area (Å²) < 4.78 is 53.0. The van der Waals surface area contributed by atoms with E-state index in [2.05, 4.69) is 11.2 Å². The second-order valence-electron chi connectivity index (χ2n) is 3.13. The minimum absolute atomic E-state index is 0. The Hall–Kier alpha value is -1.71. The van der Waals surface area contributed by atoms with E-state index in [0.29, 0.717) is 0 Å². The molecule has 0 amide bonds. The third-order valence-corrected chi connectivity index (χ3v) is 1.48. The molecule has 1 N–H and O–H groups in total. The zero-order chi connectivity index (χ0) is 19.5. The minimum Gasteiger partial charge on any atom is -0.512 e. The van der Waals surface area contributed by atoms with Gasteiger partial charge in [-0.2, -0.15) is 29.3 Å². The molecular formula is C14H15IrN2O2-. The van der Waals surface area contributed by atoms with Crippen molar-refractivity contribution < 1.29 is 39.6 Å². The summed E-state index contributed by atoms with van der Waals surface area (Å²) in [6.45, 7) is 2.85. The molecule has 1 aromatic heterocycles. The van der Waals surface area contributed by atoms with Gasteiger partial charge in [-0.15, -0.1) is 6.04 Å². The number of nitrogens with zero attached hydrogens (tertiary/aromatic N) is 2. The Bertz CT molecular complexity index is 849. The van der Waals surface area contributed by atoms with Crippen LogP contribution in [0.15, 0.2) is 54.4 Å². The van der Waals surface area contributed by atoms with Gasteiger partial charge >= 0.3 is 0 Å². The van der Waals surface area contributed by atoms with Crippen LogP contribution in [0.3, 0.4) is 0 Å². The smallest absolute Gasteiger partial charge is 0.155 e. The first-order valence-electron chi connectivity index (χ1n) is 8.38. The summed E-state index contributed by atoms with van der Waals surface area (Å²) in [6, 6.07) is 0.260. The number of carbonyl (C=O) groups is 1. The molecule has 4 nitrogen and oxygen atoms in total. The number of aliphatic hydroxyl groups is 1. The van der Waals surface area contributed by atoms with Crippen LogP contribution in [0.4, 0.5) is 0 Å². The van der Waals surface area contributed by atoms with Crippen LogP contribution in [0, 0.1) is 6.07 Å². The number of aromatic nitrogens is 2. The van der Waals surface area contributed by atoms with Gasteiger partial charge in [0, 0.05) is 41.3 Å². The van der Waals surface area contributed by atoms with Crippen LogP contribution in [0.25, 0.3) is 5.69 Å². The van der Waals surface area contributed by atoms with Crippen molar-refractivity contribution in [2.45, 2.75) is 13.8 Å². The Morgan fingerprint density at radius 2 is 2.21 bits per heavy atom. The van der Waals surface area contributed by atoms with E-state index < -0.39 is 36.5 Å². The van der Waals surface area contributed by atoms with Crippen molar-refractivity contribution in [3.63, 3.8) is 0 Å². The maximum atomic E-state index is 10.0. The Morgan fingerprint density at radius 3 is 2.68 bits per heavy atom. The van der Waals surface area contributed by atoms with E-state index in [1.807, 2.05) is 0 Å². The van der Waals surface area contributed by atoms with Crippen molar-refractivity contribution in [2.75, 3.05) is 0 Å². The summed E-state index contributed by atoms with van der Waals surface area (Å²) in [5, 5.41) is 11.9. The maximum Gasteiger partial charge on any atom is 0.155 e. The molecule has 103 valence electrons. The van der Waals surface area contributed by atoms with E-state index in [0.717, 1.165) is 4.68 Å². The van der Waals surface area contributed by atoms with E-state index in [-0.39, 0.29) is 43.4 Å². The molecule has 0 saturated heterocycles. The number of allylic oxidation sites excluding steroid dienone is 2. The summed E-state index contributed by atoms with van der Waals surface area (Å²) in [7, 11) is 0. The summed E-state index contributed by atoms with van der Waals surface area (Å²) >= 11 is 0. The number of hydrogen-bond donors (Lipinski definition) is 1. The first-order valence-corrected chi connectivity index (χ1v) is 4.88. The Morgan fingerprint density at radius 1 is 1.47 bits per heavy atom. The molecule has 5 heteroatoms. The molecule has 1 aromatic carbocycles. The monoisotopic (exact) mass is 443 g/mol. The molecule has 1 radical (unpaired) electrons. The van der Waals surface area contributed by atoms with Crippen molar-refractivity contribution in [1.82, 2.24) is 9.78 Å². The molecular weight excluding hydrogens is 420 g/mol. The molecule has 0 atom stereocenters. The van der Waals surface area contributed by atoms with Gasteiger partial charge < -0.3 is 5.11 Å². The van der Waals surface area contributed by atoms with Crippen LogP contribution in [0.2, 0.25) is 0 Å². The summed E-state index contributed by atoms with van der Waals surface area (Å²) in [5.41, 5.74) is -0.169. The van der Waals surface area contributed by atoms with Crippen molar-refractivity contribution in [1.29, 1.82) is 0 Å². The second-order valence-corrected chi connectivity index (χ2v) is 3.13. The summed E-state index contributed by atoms with van der Waals surface area (Å²) in [4.78, 5) is 10.0. The molecule has 2 aromatic rings. The van der Waals surface area contributed by atoms with E-state index >= 15 is 0 Å². The first-order chi connectivity index (χ1) is 11.5. The topological polar surface area (TPSA) is 55.1 Å². The van der Waals surface area contributed by atoms with Gasteiger partial charge in [0.05, 0.1) is 9.87 Å². The van der Waals surface area contributed by atoms with Crippen molar-refractivity contribution in [3.05, 3.63) is 60.5 Å². The van der Waals surface area contributed by atoms with Gasteiger partial charge in [-0.3, -0.25) is 9.48 Å². The van der Waals surface area contributed by atoms with Gasteiger partial charge in [0.1, 0.15) is 0 Å². The van der Waals surface area contributed by atoms with Crippen LogP contribution in [-0.2, 0) is 24.9 Å². The van der Waals surface area contributed by atoms with Crippen LogP contribution in [0.5, 0.6) is 0 Å². The molecule has 0 fully saturated rings. The summed E-state index contributed by atoms with van der Waals surface area (Å²) in [5.74, 6) is -0.0625. The first kappa shape index (κ1) is 8.46. The van der Waals surface area contributed by atoms with Gasteiger partial charge in [0.15, 0.2) is 5.78 Å². The Balaban J connectivity index is 0.000000673. The largest absolute Gasteiger partial charge is 0.512 e.